The molecule has 1 fully saturated rings. The number of nitrogens with zero attached hydrogens (tertiary/aromatic N) is 3. The van der Waals surface area contributed by atoms with Crippen molar-refractivity contribution in [1.29, 1.82) is 0 Å². The van der Waals surface area contributed by atoms with Gasteiger partial charge in [-0.3, -0.25) is 9.78 Å². The summed E-state index contributed by atoms with van der Waals surface area (Å²) in [5, 5.41) is 9.84. The van der Waals surface area contributed by atoms with Crippen molar-refractivity contribution in [3.8, 4) is 17.6 Å². The van der Waals surface area contributed by atoms with E-state index in [-0.39, 0.29) is 48.6 Å². The number of aromatic nitrogens is 1. The van der Waals surface area contributed by atoms with E-state index in [1.165, 1.54) is 17.1 Å². The van der Waals surface area contributed by atoms with Gasteiger partial charge < -0.3 is 14.7 Å². The van der Waals surface area contributed by atoms with Crippen LogP contribution in [0.15, 0.2) is 47.6 Å². The van der Waals surface area contributed by atoms with E-state index in [2.05, 4.69) is 16.8 Å². The zero-order chi connectivity index (χ0) is 27.3. The van der Waals surface area contributed by atoms with Crippen LogP contribution in [-0.4, -0.2) is 72.5 Å². The lowest BCUT2D eigenvalue weighted by Crippen LogP contribution is -2.50. The Kier molecular flexibility index (Phi) is 9.08. The van der Waals surface area contributed by atoms with Crippen LogP contribution in [-0.2, 0) is 21.2 Å². The van der Waals surface area contributed by atoms with Gasteiger partial charge in [0.05, 0.1) is 19.6 Å². The molecule has 38 heavy (non-hydrogen) atoms. The van der Waals surface area contributed by atoms with Crippen molar-refractivity contribution < 1.29 is 23.1 Å². The number of hydrogen-bond donors (Lipinski definition) is 1. The number of fused-ring (bicyclic) bond motifs is 1. The fourth-order valence-corrected chi connectivity index (χ4v) is 6.78. The van der Waals surface area contributed by atoms with Gasteiger partial charge in [-0.1, -0.05) is 31.6 Å². The van der Waals surface area contributed by atoms with Crippen LogP contribution in [0, 0.1) is 23.7 Å². The summed E-state index contributed by atoms with van der Waals surface area (Å²) in [4.78, 5) is 18.6. The van der Waals surface area contributed by atoms with Crippen LogP contribution >= 0.6 is 0 Å². The van der Waals surface area contributed by atoms with Gasteiger partial charge in [-0.15, -0.1) is 0 Å². The first kappa shape index (κ1) is 28.1. The minimum Gasteiger partial charge on any atom is -0.487 e. The molecular formula is C29H37N3O5S. The van der Waals surface area contributed by atoms with Crippen LogP contribution in [0.4, 0.5) is 0 Å². The predicted molar refractivity (Wildman–Crippen MR) is 145 cm³/mol. The molecule has 0 radical (unpaired) electrons. The fraction of sp³-hybridized carbons (Fsp3) is 0.517. The Morgan fingerprint density at radius 2 is 1.95 bits per heavy atom. The largest absolute Gasteiger partial charge is 0.487 e. The van der Waals surface area contributed by atoms with Gasteiger partial charge in [0.2, 0.25) is 15.9 Å². The number of benzene rings is 1. The lowest BCUT2D eigenvalue weighted by atomic mass is 10.0. The smallest absolute Gasteiger partial charge is 0.247 e. The standard InChI is InChI=1S/C29H37N3O5S/c1-21-18-32(22(2)20-33)38(35,36)28-11-10-24(9-8-23-6-4-5-7-23)16-26(28)37-27(21)19-31(3)29(34)17-25-12-14-30-15-13-25/h10-16,21-23,27,33H,4-7,17-20H2,1-3H3/t21-,22+,27+/m0/s1. The highest BCUT2D eigenvalue weighted by atomic mass is 32.2. The van der Waals surface area contributed by atoms with Crippen LogP contribution in [0.5, 0.6) is 5.75 Å². The van der Waals surface area contributed by atoms with Gasteiger partial charge >= 0.3 is 0 Å². The maximum Gasteiger partial charge on any atom is 0.247 e. The molecule has 1 aromatic carbocycles. The average molecular weight is 540 g/mol. The number of likely N-dealkylation sites (N-methyl/N-ethyl adjacent to an activating group) is 1. The molecule has 4 rings (SSSR count). The number of rotatable bonds is 6. The monoisotopic (exact) mass is 539 g/mol. The van der Waals surface area contributed by atoms with E-state index in [9.17, 15) is 18.3 Å². The number of hydrogen-bond acceptors (Lipinski definition) is 6. The number of sulfonamides is 1. The van der Waals surface area contributed by atoms with Gasteiger partial charge in [0.15, 0.2) is 0 Å². The first-order chi connectivity index (χ1) is 18.2. The molecule has 9 heteroatoms. The highest BCUT2D eigenvalue weighted by Crippen LogP contribution is 2.34. The van der Waals surface area contributed by atoms with E-state index in [4.69, 9.17) is 4.74 Å². The Balaban J connectivity index is 1.64. The van der Waals surface area contributed by atoms with E-state index in [0.717, 1.165) is 18.4 Å². The Morgan fingerprint density at radius 1 is 1.24 bits per heavy atom. The number of pyridine rings is 1. The number of aliphatic hydroxyl groups is 1. The number of ether oxygens (including phenoxy) is 1. The summed E-state index contributed by atoms with van der Waals surface area (Å²) < 4.78 is 35.1. The summed E-state index contributed by atoms with van der Waals surface area (Å²) in [6.45, 7) is 3.73. The summed E-state index contributed by atoms with van der Waals surface area (Å²) in [5.41, 5.74) is 1.56. The van der Waals surface area contributed by atoms with Gasteiger partial charge in [0.1, 0.15) is 16.7 Å². The zero-order valence-corrected chi connectivity index (χ0v) is 23.2. The summed E-state index contributed by atoms with van der Waals surface area (Å²) >= 11 is 0. The molecule has 2 aliphatic rings. The maximum absolute atomic E-state index is 13.7. The molecule has 1 saturated carbocycles. The SMILES string of the molecule is C[C@H](CO)N1C[C@H](C)[C@@H](CN(C)C(=O)Cc2ccncc2)Oc2cc(C#CC3CCCC3)ccc2S1(=O)=O. The molecule has 2 heterocycles. The van der Waals surface area contributed by atoms with Crippen LogP contribution in [0.3, 0.4) is 0 Å². The second-order valence-electron chi connectivity index (χ2n) is 10.5. The van der Waals surface area contributed by atoms with Crippen LogP contribution in [0.25, 0.3) is 0 Å². The summed E-state index contributed by atoms with van der Waals surface area (Å²) in [5.74, 6) is 6.81. The Bertz CT molecular complexity index is 1280. The number of amides is 1. The maximum atomic E-state index is 13.7. The second-order valence-corrected chi connectivity index (χ2v) is 12.3. The third-order valence-electron chi connectivity index (χ3n) is 7.43. The van der Waals surface area contributed by atoms with Crippen molar-refractivity contribution in [2.75, 3.05) is 26.7 Å². The molecule has 0 unspecified atom stereocenters. The highest BCUT2D eigenvalue weighted by Gasteiger charge is 2.38. The normalized spacial score (nSPS) is 22.2. The van der Waals surface area contributed by atoms with Gasteiger partial charge in [-0.25, -0.2) is 8.42 Å². The van der Waals surface area contributed by atoms with Crippen molar-refractivity contribution in [1.82, 2.24) is 14.2 Å². The molecule has 1 N–H and O–H groups in total. The molecule has 8 nitrogen and oxygen atoms in total. The Morgan fingerprint density at radius 3 is 2.63 bits per heavy atom. The van der Waals surface area contributed by atoms with E-state index in [1.807, 2.05) is 19.1 Å². The van der Waals surface area contributed by atoms with Gasteiger partial charge in [0, 0.05) is 49.4 Å². The van der Waals surface area contributed by atoms with Crippen LogP contribution in [0.2, 0.25) is 0 Å². The van der Waals surface area contributed by atoms with Crippen molar-refractivity contribution in [3.63, 3.8) is 0 Å². The zero-order valence-electron chi connectivity index (χ0n) is 22.3. The topological polar surface area (TPSA) is 100 Å². The molecule has 204 valence electrons. The van der Waals surface area contributed by atoms with Gasteiger partial charge in [0.25, 0.3) is 0 Å². The number of carbonyl (C=O) groups excluding carboxylic acids is 1. The van der Waals surface area contributed by atoms with Gasteiger partial charge in [-0.05, 0) is 55.7 Å². The molecule has 1 aliphatic carbocycles. The fourth-order valence-electron chi connectivity index (χ4n) is 4.96. The molecular weight excluding hydrogens is 502 g/mol. The van der Waals surface area contributed by atoms with E-state index < -0.39 is 22.2 Å². The molecule has 1 aliphatic heterocycles. The van der Waals surface area contributed by atoms with Gasteiger partial charge in [-0.2, -0.15) is 4.31 Å². The minimum absolute atomic E-state index is 0.0480. The summed E-state index contributed by atoms with van der Waals surface area (Å²) in [6, 6.07) is 7.97. The highest BCUT2D eigenvalue weighted by molar-refractivity contribution is 7.89. The third kappa shape index (κ3) is 6.55. The van der Waals surface area contributed by atoms with Crippen molar-refractivity contribution >= 4 is 15.9 Å². The Hall–Kier alpha value is -2.93. The van der Waals surface area contributed by atoms with E-state index in [1.54, 1.807) is 49.5 Å². The number of aliphatic hydroxyl groups excluding tert-OH is 1. The molecule has 3 atom stereocenters. The quantitative estimate of drug-likeness (QED) is 0.567. The van der Waals surface area contributed by atoms with Crippen molar-refractivity contribution in [3.05, 3.63) is 53.9 Å². The molecule has 1 amide bonds. The molecule has 0 saturated heterocycles. The Labute approximate surface area is 226 Å². The average Bonchev–Trinajstić information content (AvgIpc) is 3.43. The first-order valence-electron chi connectivity index (χ1n) is 13.3. The molecule has 0 spiro atoms. The summed E-state index contributed by atoms with van der Waals surface area (Å²) in [6.07, 6.45) is 7.65. The lowest BCUT2D eigenvalue weighted by Gasteiger charge is -2.37. The molecule has 0 bridgehead atoms. The van der Waals surface area contributed by atoms with E-state index >= 15 is 0 Å². The van der Waals surface area contributed by atoms with Crippen LogP contribution in [0.1, 0.15) is 50.7 Å². The molecule has 1 aromatic heterocycles. The van der Waals surface area contributed by atoms with Crippen molar-refractivity contribution in [2.24, 2.45) is 11.8 Å². The molecule has 2 aromatic rings. The third-order valence-corrected chi connectivity index (χ3v) is 9.45. The second kappa shape index (κ2) is 12.3. The summed E-state index contributed by atoms with van der Waals surface area (Å²) in [7, 11) is -2.20. The van der Waals surface area contributed by atoms with Crippen LogP contribution < -0.4 is 4.74 Å². The minimum atomic E-state index is -3.93. The van der Waals surface area contributed by atoms with E-state index in [0.29, 0.717) is 11.5 Å². The number of carbonyl (C=O) groups is 1. The lowest BCUT2D eigenvalue weighted by molar-refractivity contribution is -0.130. The first-order valence-corrected chi connectivity index (χ1v) is 14.7. The van der Waals surface area contributed by atoms with Crippen molar-refractivity contribution in [2.45, 2.75) is 63.0 Å². The predicted octanol–water partition coefficient (Wildman–Crippen LogP) is 3.09.